The molecule has 0 spiro atoms. The lowest BCUT2D eigenvalue weighted by Crippen LogP contribution is -2.31. The summed E-state index contributed by atoms with van der Waals surface area (Å²) in [5, 5.41) is 3.49. The van der Waals surface area contributed by atoms with Crippen LogP contribution in [0.2, 0.25) is 0 Å². The van der Waals surface area contributed by atoms with Crippen LogP contribution in [0.4, 0.5) is 11.4 Å². The molecule has 1 amide bonds. The maximum atomic E-state index is 11.5. The number of nitrogens with two attached hydrogens (primary N) is 2. The third-order valence-electron chi connectivity index (χ3n) is 4.35. The molecule has 5 N–H and O–H groups in total. The van der Waals surface area contributed by atoms with Crippen LogP contribution in [0.5, 0.6) is 0 Å². The van der Waals surface area contributed by atoms with Crippen molar-refractivity contribution in [3.8, 4) is 0 Å². The third kappa shape index (κ3) is 3.24. The largest absolute Gasteiger partial charge is 0.397 e. The van der Waals surface area contributed by atoms with Crippen LogP contribution in [0, 0.1) is 5.92 Å². The Morgan fingerprint density at radius 1 is 1.35 bits per heavy atom. The summed E-state index contributed by atoms with van der Waals surface area (Å²) in [6.07, 6.45) is 7.48. The molecular formula is C16H25N3O. The van der Waals surface area contributed by atoms with Gasteiger partial charge in [0.15, 0.2) is 0 Å². The first-order valence-corrected chi connectivity index (χ1v) is 7.58. The van der Waals surface area contributed by atoms with Gasteiger partial charge in [0.1, 0.15) is 0 Å². The molecule has 20 heavy (non-hydrogen) atoms. The predicted octanol–water partition coefficient (Wildman–Crippen LogP) is 3.14. The first-order valence-electron chi connectivity index (χ1n) is 7.58. The summed E-state index contributed by atoms with van der Waals surface area (Å²) in [5.74, 6) is 0.229. The van der Waals surface area contributed by atoms with E-state index in [1.54, 1.807) is 12.1 Å². The molecule has 1 unspecified atom stereocenters. The fourth-order valence-electron chi connectivity index (χ4n) is 3.21. The monoisotopic (exact) mass is 275 g/mol. The molecule has 0 saturated heterocycles. The second kappa shape index (κ2) is 6.64. The summed E-state index contributed by atoms with van der Waals surface area (Å²) in [6, 6.07) is 5.66. The molecule has 0 heterocycles. The van der Waals surface area contributed by atoms with Crippen LogP contribution >= 0.6 is 0 Å². The van der Waals surface area contributed by atoms with Crippen molar-refractivity contribution >= 4 is 17.3 Å². The Labute approximate surface area is 120 Å². The van der Waals surface area contributed by atoms with Crippen LogP contribution < -0.4 is 16.8 Å². The molecule has 1 aliphatic carbocycles. The number of nitrogens with one attached hydrogen (secondary N) is 1. The van der Waals surface area contributed by atoms with Crippen LogP contribution in [0.25, 0.3) is 0 Å². The van der Waals surface area contributed by atoms with Crippen LogP contribution in [-0.2, 0) is 0 Å². The van der Waals surface area contributed by atoms with Crippen molar-refractivity contribution < 1.29 is 4.79 Å². The quantitative estimate of drug-likeness (QED) is 0.722. The van der Waals surface area contributed by atoms with E-state index in [2.05, 4.69) is 12.2 Å². The Balaban J connectivity index is 2.20. The number of amides is 1. The molecule has 0 bridgehead atoms. The topological polar surface area (TPSA) is 81.1 Å². The lowest BCUT2D eigenvalue weighted by atomic mass is 9.82. The van der Waals surface area contributed by atoms with Crippen molar-refractivity contribution in [2.45, 2.75) is 51.5 Å². The maximum Gasteiger partial charge on any atom is 0.250 e. The summed E-state index contributed by atoms with van der Waals surface area (Å²) in [6.45, 7) is 2.18. The maximum absolute atomic E-state index is 11.5. The Morgan fingerprint density at radius 2 is 2.05 bits per heavy atom. The minimum Gasteiger partial charge on any atom is -0.397 e. The van der Waals surface area contributed by atoms with Crippen LogP contribution in [0.15, 0.2) is 18.2 Å². The van der Waals surface area contributed by atoms with Crippen molar-refractivity contribution in [2.24, 2.45) is 11.7 Å². The van der Waals surface area contributed by atoms with Crippen molar-refractivity contribution in [3.63, 3.8) is 0 Å². The van der Waals surface area contributed by atoms with Gasteiger partial charge in [-0.25, -0.2) is 0 Å². The van der Waals surface area contributed by atoms with Crippen molar-refractivity contribution in [2.75, 3.05) is 11.1 Å². The van der Waals surface area contributed by atoms with E-state index >= 15 is 0 Å². The van der Waals surface area contributed by atoms with Gasteiger partial charge in [0.2, 0.25) is 0 Å². The van der Waals surface area contributed by atoms with E-state index in [1.807, 2.05) is 6.07 Å². The molecule has 1 fully saturated rings. The standard InChI is InChI=1S/C16H25N3O/c1-2-14(11-7-4-3-5-8-11)19-15-12(16(18)20)9-6-10-13(15)17/h6,9-11,14,19H,2-5,7-8,17H2,1H3,(H2,18,20). The van der Waals surface area contributed by atoms with E-state index < -0.39 is 5.91 Å². The van der Waals surface area contributed by atoms with Gasteiger partial charge in [-0.3, -0.25) is 4.79 Å². The zero-order valence-electron chi connectivity index (χ0n) is 12.2. The molecule has 110 valence electrons. The van der Waals surface area contributed by atoms with Crippen molar-refractivity contribution in [1.29, 1.82) is 0 Å². The lowest BCUT2D eigenvalue weighted by molar-refractivity contribution is 0.100. The Hall–Kier alpha value is -1.71. The smallest absolute Gasteiger partial charge is 0.250 e. The SMILES string of the molecule is CCC(Nc1c(N)cccc1C(N)=O)C1CCCCC1. The van der Waals surface area contributed by atoms with Gasteiger partial charge in [-0.2, -0.15) is 0 Å². The third-order valence-corrected chi connectivity index (χ3v) is 4.35. The van der Waals surface area contributed by atoms with E-state index in [9.17, 15) is 4.79 Å². The number of hydrogen-bond acceptors (Lipinski definition) is 3. The van der Waals surface area contributed by atoms with Crippen molar-refractivity contribution in [1.82, 2.24) is 0 Å². The number of benzene rings is 1. The van der Waals surface area contributed by atoms with E-state index in [0.29, 0.717) is 28.9 Å². The molecule has 1 atom stereocenters. The second-order valence-electron chi connectivity index (χ2n) is 5.69. The molecule has 1 aliphatic rings. The molecule has 2 rings (SSSR count). The van der Waals surface area contributed by atoms with Gasteiger partial charge in [0, 0.05) is 6.04 Å². The minimum absolute atomic E-state index is 0.359. The summed E-state index contributed by atoms with van der Waals surface area (Å²) >= 11 is 0. The second-order valence-corrected chi connectivity index (χ2v) is 5.69. The fraction of sp³-hybridized carbons (Fsp3) is 0.562. The van der Waals surface area contributed by atoms with E-state index in [1.165, 1.54) is 32.1 Å². The Bertz CT molecular complexity index is 467. The average molecular weight is 275 g/mol. The molecule has 0 aliphatic heterocycles. The van der Waals surface area contributed by atoms with E-state index in [4.69, 9.17) is 11.5 Å². The molecule has 1 aromatic rings. The van der Waals surface area contributed by atoms with Gasteiger partial charge in [-0.05, 0) is 37.3 Å². The number of carbonyl (C=O) groups is 1. The zero-order chi connectivity index (χ0) is 14.5. The molecule has 4 nitrogen and oxygen atoms in total. The summed E-state index contributed by atoms with van der Waals surface area (Å²) in [4.78, 5) is 11.5. The number of anilines is 2. The first-order chi connectivity index (χ1) is 9.63. The molecular weight excluding hydrogens is 250 g/mol. The lowest BCUT2D eigenvalue weighted by Gasteiger charge is -2.31. The highest BCUT2D eigenvalue weighted by atomic mass is 16.1. The first kappa shape index (κ1) is 14.7. The number of para-hydroxylation sites is 1. The van der Waals surface area contributed by atoms with E-state index in [-0.39, 0.29) is 0 Å². The number of carbonyl (C=O) groups excluding carboxylic acids is 1. The molecule has 1 saturated carbocycles. The minimum atomic E-state index is -0.432. The highest BCUT2D eigenvalue weighted by molar-refractivity contribution is 6.01. The Kier molecular flexibility index (Phi) is 4.88. The summed E-state index contributed by atoms with van der Waals surface area (Å²) < 4.78 is 0. The number of rotatable bonds is 5. The number of nitrogen functional groups attached to an aromatic ring is 1. The van der Waals surface area contributed by atoms with Gasteiger partial charge in [-0.15, -0.1) is 0 Å². The number of primary amides is 1. The van der Waals surface area contributed by atoms with Gasteiger partial charge in [0.25, 0.3) is 5.91 Å². The van der Waals surface area contributed by atoms with Gasteiger partial charge in [0.05, 0.1) is 16.9 Å². The van der Waals surface area contributed by atoms with Crippen LogP contribution in [0.3, 0.4) is 0 Å². The molecule has 4 heteroatoms. The van der Waals surface area contributed by atoms with Gasteiger partial charge >= 0.3 is 0 Å². The van der Waals surface area contributed by atoms with Crippen LogP contribution in [-0.4, -0.2) is 11.9 Å². The zero-order valence-corrected chi connectivity index (χ0v) is 12.2. The average Bonchev–Trinajstić information content (AvgIpc) is 2.46. The molecule has 0 aromatic heterocycles. The summed E-state index contributed by atoms with van der Waals surface area (Å²) in [7, 11) is 0. The predicted molar refractivity (Wildman–Crippen MR) is 83.6 cm³/mol. The fourth-order valence-corrected chi connectivity index (χ4v) is 3.21. The highest BCUT2D eigenvalue weighted by Gasteiger charge is 2.24. The molecule has 1 aromatic carbocycles. The van der Waals surface area contributed by atoms with Crippen LogP contribution in [0.1, 0.15) is 55.8 Å². The molecule has 0 radical (unpaired) electrons. The van der Waals surface area contributed by atoms with Gasteiger partial charge < -0.3 is 16.8 Å². The number of hydrogen-bond donors (Lipinski definition) is 3. The van der Waals surface area contributed by atoms with E-state index in [0.717, 1.165) is 6.42 Å². The normalized spacial score (nSPS) is 17.6. The van der Waals surface area contributed by atoms with Crippen molar-refractivity contribution in [3.05, 3.63) is 23.8 Å². The Morgan fingerprint density at radius 3 is 2.65 bits per heavy atom. The summed E-state index contributed by atoms with van der Waals surface area (Å²) in [5.41, 5.74) is 13.3. The van der Waals surface area contributed by atoms with Gasteiger partial charge in [-0.1, -0.05) is 32.3 Å². The highest BCUT2D eigenvalue weighted by Crippen LogP contribution is 2.32.